The molecule has 1 aromatic carbocycles. The molecule has 0 unspecified atom stereocenters. The monoisotopic (exact) mass is 564 g/mol. The smallest absolute Gasteiger partial charge is 0.233 e. The molecule has 40 heavy (non-hydrogen) atoms. The molecule has 3 fully saturated rings. The number of nitrogens with zero attached hydrogens (tertiary/aromatic N) is 3. The van der Waals surface area contributed by atoms with Crippen LogP contribution in [0.1, 0.15) is 65.9 Å². The van der Waals surface area contributed by atoms with Gasteiger partial charge in [0.25, 0.3) is 0 Å². The first kappa shape index (κ1) is 27.6. The Balaban J connectivity index is 1.35. The number of piperazine rings is 1. The molecule has 0 spiro atoms. The number of Topliss-reactive ketones (excluding diaryl/α,β-unsaturated/α-hetero) is 1. The van der Waals surface area contributed by atoms with Crippen LogP contribution in [-0.2, 0) is 10.2 Å². The molecule has 1 amide bonds. The van der Waals surface area contributed by atoms with Gasteiger partial charge in [-0.2, -0.15) is 0 Å². The minimum absolute atomic E-state index is 0.0884. The Hall–Kier alpha value is -2.55. The zero-order chi connectivity index (χ0) is 28.2. The summed E-state index contributed by atoms with van der Waals surface area (Å²) < 4.78 is 12.8. The lowest BCUT2D eigenvalue weighted by molar-refractivity contribution is -0.137. The summed E-state index contributed by atoms with van der Waals surface area (Å²) in [6, 6.07) is 9.29. The first-order valence-corrected chi connectivity index (χ1v) is 15.6. The number of halogens is 1. The summed E-state index contributed by atoms with van der Waals surface area (Å²) in [5, 5.41) is 0.917. The number of aromatic amines is 1. The highest BCUT2D eigenvalue weighted by Gasteiger charge is 2.47. The van der Waals surface area contributed by atoms with E-state index in [0.717, 1.165) is 94.9 Å². The lowest BCUT2D eigenvalue weighted by Gasteiger charge is -2.33. The van der Waals surface area contributed by atoms with Gasteiger partial charge in [0.1, 0.15) is 11.5 Å². The van der Waals surface area contributed by atoms with E-state index >= 15 is 0 Å². The van der Waals surface area contributed by atoms with E-state index in [1.807, 2.05) is 13.8 Å². The van der Waals surface area contributed by atoms with Crippen molar-refractivity contribution in [1.82, 2.24) is 19.7 Å². The quantitative estimate of drug-likeness (QED) is 0.356. The number of fused-ring (bicyclic) bond motifs is 3. The van der Waals surface area contributed by atoms with Gasteiger partial charge in [-0.1, -0.05) is 17.2 Å². The molecule has 0 aliphatic carbocycles. The van der Waals surface area contributed by atoms with Crippen LogP contribution < -0.4 is 0 Å². The van der Waals surface area contributed by atoms with Gasteiger partial charge in [-0.05, 0) is 77.1 Å². The molecule has 0 atom stereocenters. The molecule has 3 aliphatic heterocycles. The second kappa shape index (κ2) is 10.7. The van der Waals surface area contributed by atoms with E-state index in [1.54, 1.807) is 11.3 Å². The maximum Gasteiger partial charge on any atom is 0.233 e. The Morgan fingerprint density at radius 3 is 2.15 bits per heavy atom. The first-order chi connectivity index (χ1) is 19.2. The molecule has 5 heterocycles. The van der Waals surface area contributed by atoms with Gasteiger partial charge in [0.05, 0.1) is 23.2 Å². The highest BCUT2D eigenvalue weighted by Crippen LogP contribution is 2.44. The predicted molar refractivity (Wildman–Crippen MR) is 160 cm³/mol. The van der Waals surface area contributed by atoms with E-state index < -0.39 is 5.41 Å². The van der Waals surface area contributed by atoms with E-state index in [4.69, 9.17) is 0 Å². The van der Waals surface area contributed by atoms with E-state index in [2.05, 4.69) is 57.8 Å². The summed E-state index contributed by atoms with van der Waals surface area (Å²) in [5.41, 5.74) is 4.26. The Morgan fingerprint density at radius 1 is 0.950 bits per heavy atom. The Morgan fingerprint density at radius 2 is 1.55 bits per heavy atom. The summed E-state index contributed by atoms with van der Waals surface area (Å²) in [4.78, 5) is 40.0. The number of rotatable bonds is 8. The zero-order valence-corrected chi connectivity index (χ0v) is 25.0. The standard InChI is InChI=1S/C32H41FN4O2S/c1-20-15-21(2)17-22(16-20)29-28(26(38)19-36-13-11-35(10-9-33)12-14-36)25-18-27(40-30(25)34-29)32(3,4)31(39)37-23-5-6-24(37)8-7-23/h15-18,23-24,34H,5-14,19H2,1-4H3. The SMILES string of the molecule is Cc1cc(C)cc(-c2[nH]c3sc(C(C)(C)C(=O)N4C5CCC4CC5)cc3c2C(=O)CN2CCN(CCF)CC2)c1. The number of benzene rings is 1. The normalized spacial score (nSPS) is 22.1. The van der Waals surface area contributed by atoms with Crippen LogP contribution in [0.15, 0.2) is 24.3 Å². The molecule has 1 N–H and O–H groups in total. The maximum atomic E-state index is 14.0. The number of aromatic nitrogens is 1. The van der Waals surface area contributed by atoms with Gasteiger partial charge in [-0.15, -0.1) is 11.3 Å². The highest BCUT2D eigenvalue weighted by molar-refractivity contribution is 7.19. The molecule has 2 bridgehead atoms. The lowest BCUT2D eigenvalue weighted by atomic mass is 9.88. The molecular formula is C32H41FN4O2S. The number of carbonyl (C=O) groups is 2. The van der Waals surface area contributed by atoms with Gasteiger partial charge >= 0.3 is 0 Å². The third-order valence-electron chi connectivity index (χ3n) is 9.35. The van der Waals surface area contributed by atoms with Gasteiger partial charge in [0, 0.05) is 55.1 Å². The van der Waals surface area contributed by atoms with Crippen LogP contribution in [0.4, 0.5) is 4.39 Å². The van der Waals surface area contributed by atoms with Crippen molar-refractivity contribution < 1.29 is 14.0 Å². The van der Waals surface area contributed by atoms with Crippen molar-refractivity contribution in [3.05, 3.63) is 45.8 Å². The van der Waals surface area contributed by atoms with Gasteiger partial charge in [-0.3, -0.25) is 19.4 Å². The van der Waals surface area contributed by atoms with Crippen LogP contribution in [0.2, 0.25) is 0 Å². The molecule has 6 nitrogen and oxygen atoms in total. The minimum atomic E-state index is -0.650. The van der Waals surface area contributed by atoms with Crippen LogP contribution in [0.5, 0.6) is 0 Å². The summed E-state index contributed by atoms with van der Waals surface area (Å²) in [6.07, 6.45) is 4.49. The predicted octanol–water partition coefficient (Wildman–Crippen LogP) is 5.71. The summed E-state index contributed by atoms with van der Waals surface area (Å²) in [5.74, 6) is 0.306. The first-order valence-electron chi connectivity index (χ1n) is 14.8. The number of alkyl halides is 1. The van der Waals surface area contributed by atoms with Crippen molar-refractivity contribution in [2.45, 2.75) is 70.9 Å². The van der Waals surface area contributed by atoms with Gasteiger partial charge in [0.2, 0.25) is 5.91 Å². The van der Waals surface area contributed by atoms with Crippen molar-refractivity contribution >= 4 is 33.2 Å². The average molecular weight is 565 g/mol. The van der Waals surface area contributed by atoms with Crippen molar-refractivity contribution in [2.75, 3.05) is 45.9 Å². The van der Waals surface area contributed by atoms with Crippen LogP contribution >= 0.6 is 11.3 Å². The number of thiophene rings is 1. The Bertz CT molecular complexity index is 1390. The minimum Gasteiger partial charge on any atom is -0.346 e. The average Bonchev–Trinajstić information content (AvgIpc) is 3.68. The molecule has 3 aromatic rings. The fraction of sp³-hybridized carbons (Fsp3) is 0.562. The van der Waals surface area contributed by atoms with Crippen molar-refractivity contribution in [3.8, 4) is 11.3 Å². The number of carbonyl (C=O) groups excluding carboxylic acids is 2. The maximum absolute atomic E-state index is 14.0. The number of ketones is 1. The molecule has 8 heteroatoms. The van der Waals surface area contributed by atoms with E-state index in [0.29, 0.717) is 25.2 Å². The third kappa shape index (κ3) is 4.92. The fourth-order valence-electron chi connectivity index (χ4n) is 7.16. The van der Waals surface area contributed by atoms with Gasteiger partial charge in [-0.25, -0.2) is 4.39 Å². The van der Waals surface area contributed by atoms with Gasteiger partial charge in [0.15, 0.2) is 5.78 Å². The number of nitrogens with one attached hydrogen (secondary N) is 1. The molecule has 2 aromatic heterocycles. The molecule has 0 radical (unpaired) electrons. The molecule has 3 saturated heterocycles. The Labute approximate surface area is 240 Å². The number of hydrogen-bond acceptors (Lipinski definition) is 5. The van der Waals surface area contributed by atoms with Gasteiger partial charge < -0.3 is 9.88 Å². The molecule has 0 saturated carbocycles. The summed E-state index contributed by atoms with van der Waals surface area (Å²) in [6.45, 7) is 11.8. The molecule has 3 aliphatic rings. The number of hydrogen-bond donors (Lipinski definition) is 1. The lowest BCUT2D eigenvalue weighted by Crippen LogP contribution is -2.48. The molecule has 214 valence electrons. The zero-order valence-electron chi connectivity index (χ0n) is 24.2. The second-order valence-corrected chi connectivity index (χ2v) is 13.7. The fourth-order valence-corrected chi connectivity index (χ4v) is 8.32. The van der Waals surface area contributed by atoms with E-state index in [1.165, 1.54) is 0 Å². The van der Waals surface area contributed by atoms with Crippen molar-refractivity contribution in [1.29, 1.82) is 0 Å². The molecular weight excluding hydrogens is 523 g/mol. The van der Waals surface area contributed by atoms with Crippen LogP contribution in [0, 0.1) is 13.8 Å². The second-order valence-electron chi connectivity index (χ2n) is 12.6. The van der Waals surface area contributed by atoms with Crippen LogP contribution in [0.3, 0.4) is 0 Å². The topological polar surface area (TPSA) is 59.7 Å². The Kier molecular flexibility index (Phi) is 7.38. The summed E-state index contributed by atoms with van der Waals surface area (Å²) in [7, 11) is 0. The van der Waals surface area contributed by atoms with E-state index in [-0.39, 0.29) is 18.4 Å². The van der Waals surface area contributed by atoms with Crippen LogP contribution in [0.25, 0.3) is 21.5 Å². The highest BCUT2D eigenvalue weighted by atomic mass is 32.1. The molecule has 6 rings (SSSR count). The van der Waals surface area contributed by atoms with E-state index in [9.17, 15) is 14.0 Å². The third-order valence-corrected chi connectivity index (χ3v) is 10.7. The number of amides is 1. The number of aryl methyl sites for hydroxylation is 2. The van der Waals surface area contributed by atoms with Crippen molar-refractivity contribution in [2.24, 2.45) is 0 Å². The largest absolute Gasteiger partial charge is 0.346 e. The van der Waals surface area contributed by atoms with Crippen LogP contribution in [-0.4, -0.2) is 89.4 Å². The van der Waals surface area contributed by atoms with Crippen molar-refractivity contribution in [3.63, 3.8) is 0 Å². The summed E-state index contributed by atoms with van der Waals surface area (Å²) >= 11 is 1.61. The number of H-pyrrole nitrogens is 1.